The molecule has 6 nitrogen and oxygen atoms in total. The molecule has 1 aliphatic rings. The van der Waals surface area contributed by atoms with Crippen LogP contribution in [0.1, 0.15) is 29.7 Å². The summed E-state index contributed by atoms with van der Waals surface area (Å²) in [6.07, 6.45) is 1.66. The zero-order valence-corrected chi connectivity index (χ0v) is 19.2. The van der Waals surface area contributed by atoms with Gasteiger partial charge in [0.1, 0.15) is 5.82 Å². The third-order valence-corrected chi connectivity index (χ3v) is 6.38. The van der Waals surface area contributed by atoms with E-state index < -0.39 is 0 Å². The van der Waals surface area contributed by atoms with Gasteiger partial charge in [-0.1, -0.05) is 60.2 Å². The van der Waals surface area contributed by atoms with Crippen molar-refractivity contribution in [2.45, 2.75) is 33.2 Å². The van der Waals surface area contributed by atoms with Crippen molar-refractivity contribution in [1.82, 2.24) is 19.9 Å². The number of hydrogen-bond acceptors (Lipinski definition) is 4. The lowest BCUT2D eigenvalue weighted by Gasteiger charge is -2.33. The molecule has 0 spiro atoms. The van der Waals surface area contributed by atoms with Gasteiger partial charge in [0.2, 0.25) is 5.91 Å². The van der Waals surface area contributed by atoms with Crippen molar-refractivity contribution >= 4 is 17.4 Å². The first-order chi connectivity index (χ1) is 16.1. The summed E-state index contributed by atoms with van der Waals surface area (Å²) >= 11 is 0. The molecule has 0 bridgehead atoms. The van der Waals surface area contributed by atoms with Crippen LogP contribution < -0.4 is 10.2 Å². The zero-order chi connectivity index (χ0) is 22.8. The van der Waals surface area contributed by atoms with Crippen LogP contribution in [0.3, 0.4) is 0 Å². The maximum Gasteiger partial charge on any atom is 0.223 e. The Kier molecular flexibility index (Phi) is 5.82. The van der Waals surface area contributed by atoms with E-state index >= 15 is 0 Å². The van der Waals surface area contributed by atoms with Crippen molar-refractivity contribution in [2.24, 2.45) is 5.92 Å². The second-order valence-corrected chi connectivity index (χ2v) is 8.89. The first kappa shape index (κ1) is 21.2. The van der Waals surface area contributed by atoms with Crippen LogP contribution in [-0.4, -0.2) is 33.6 Å². The van der Waals surface area contributed by atoms with Crippen molar-refractivity contribution < 1.29 is 4.79 Å². The molecule has 1 amide bonds. The number of hydrogen-bond donors (Lipinski definition) is 1. The van der Waals surface area contributed by atoms with Crippen LogP contribution in [0.15, 0.2) is 66.7 Å². The van der Waals surface area contributed by atoms with Crippen molar-refractivity contribution in [1.29, 1.82) is 0 Å². The van der Waals surface area contributed by atoms with Gasteiger partial charge in [0.15, 0.2) is 5.65 Å². The summed E-state index contributed by atoms with van der Waals surface area (Å²) < 4.78 is 1.94. The molecule has 6 heteroatoms. The normalized spacial score (nSPS) is 14.5. The van der Waals surface area contributed by atoms with Crippen LogP contribution in [0.25, 0.3) is 16.9 Å². The SMILES string of the molecule is Cc1ccc(-c2cc3nc(C)cc(N4CCC(C(=O)NCc5ccccc5)CC4)n3n2)cc1. The molecule has 2 aromatic carbocycles. The molecule has 1 saturated heterocycles. The molecule has 1 fully saturated rings. The Morgan fingerprint density at radius 2 is 1.73 bits per heavy atom. The Morgan fingerprint density at radius 1 is 1.00 bits per heavy atom. The van der Waals surface area contributed by atoms with E-state index in [9.17, 15) is 4.79 Å². The molecule has 1 aliphatic heterocycles. The molecule has 0 aliphatic carbocycles. The molecule has 5 rings (SSSR count). The first-order valence-corrected chi connectivity index (χ1v) is 11.6. The summed E-state index contributed by atoms with van der Waals surface area (Å²) in [5.74, 6) is 1.23. The number of rotatable bonds is 5. The average molecular weight is 440 g/mol. The molecule has 4 aromatic rings. The van der Waals surface area contributed by atoms with Crippen molar-refractivity contribution in [3.05, 3.63) is 83.6 Å². The van der Waals surface area contributed by atoms with E-state index in [0.717, 1.165) is 59.9 Å². The molecule has 168 valence electrons. The van der Waals surface area contributed by atoms with E-state index in [1.54, 1.807) is 0 Å². The minimum atomic E-state index is 0.0455. The standard InChI is InChI=1S/C27H29N5O/c1-19-8-10-22(11-9-19)24-17-25-29-20(2)16-26(32(25)30-24)31-14-12-23(13-15-31)27(33)28-18-21-6-4-3-5-7-21/h3-11,16-17,23H,12-15,18H2,1-2H3,(H,28,33). The maximum absolute atomic E-state index is 12.7. The number of fused-ring (bicyclic) bond motifs is 1. The van der Waals surface area contributed by atoms with Crippen molar-refractivity contribution in [2.75, 3.05) is 18.0 Å². The second kappa shape index (κ2) is 9.06. The third-order valence-electron chi connectivity index (χ3n) is 6.38. The number of aromatic nitrogens is 3. The smallest absolute Gasteiger partial charge is 0.223 e. The Hall–Kier alpha value is -3.67. The highest BCUT2D eigenvalue weighted by Crippen LogP contribution is 2.27. The molecule has 33 heavy (non-hydrogen) atoms. The minimum Gasteiger partial charge on any atom is -0.356 e. The Balaban J connectivity index is 1.30. The Morgan fingerprint density at radius 3 is 2.45 bits per heavy atom. The van der Waals surface area contributed by atoms with Gasteiger partial charge in [0.25, 0.3) is 0 Å². The van der Waals surface area contributed by atoms with Crippen LogP contribution in [-0.2, 0) is 11.3 Å². The van der Waals surface area contributed by atoms with Gasteiger partial charge in [-0.25, -0.2) is 4.98 Å². The van der Waals surface area contributed by atoms with E-state index in [4.69, 9.17) is 10.1 Å². The van der Waals surface area contributed by atoms with Crippen molar-refractivity contribution in [3.63, 3.8) is 0 Å². The highest BCUT2D eigenvalue weighted by Gasteiger charge is 2.26. The van der Waals surface area contributed by atoms with Gasteiger partial charge in [-0.2, -0.15) is 9.61 Å². The molecule has 3 heterocycles. The number of aryl methyl sites for hydroxylation is 2. The number of nitrogens with one attached hydrogen (secondary N) is 1. The lowest BCUT2D eigenvalue weighted by Crippen LogP contribution is -2.41. The van der Waals surface area contributed by atoms with E-state index in [1.165, 1.54) is 5.56 Å². The third kappa shape index (κ3) is 4.60. The summed E-state index contributed by atoms with van der Waals surface area (Å²) in [7, 11) is 0. The van der Waals surface area contributed by atoms with E-state index in [1.807, 2.05) is 47.8 Å². The van der Waals surface area contributed by atoms with Crippen LogP contribution in [0.4, 0.5) is 5.82 Å². The highest BCUT2D eigenvalue weighted by molar-refractivity contribution is 5.79. The largest absolute Gasteiger partial charge is 0.356 e. The van der Waals surface area contributed by atoms with Crippen LogP contribution in [0.2, 0.25) is 0 Å². The number of piperidine rings is 1. The first-order valence-electron chi connectivity index (χ1n) is 11.6. The van der Waals surface area contributed by atoms with Gasteiger partial charge in [-0.15, -0.1) is 0 Å². The van der Waals surface area contributed by atoms with Gasteiger partial charge >= 0.3 is 0 Å². The van der Waals surface area contributed by atoms with Gasteiger partial charge in [-0.3, -0.25) is 4.79 Å². The van der Waals surface area contributed by atoms with Gasteiger partial charge < -0.3 is 10.2 Å². The number of carbonyl (C=O) groups excluding carboxylic acids is 1. The van der Waals surface area contributed by atoms with E-state index in [-0.39, 0.29) is 11.8 Å². The topological polar surface area (TPSA) is 62.5 Å². The van der Waals surface area contributed by atoms with E-state index in [2.05, 4.69) is 47.5 Å². The number of anilines is 1. The Bertz CT molecular complexity index is 1260. The molecule has 1 N–H and O–H groups in total. The summed E-state index contributed by atoms with van der Waals surface area (Å²) in [6, 6.07) is 22.6. The number of carbonyl (C=O) groups is 1. The second-order valence-electron chi connectivity index (χ2n) is 8.89. The van der Waals surface area contributed by atoms with Crippen LogP contribution in [0.5, 0.6) is 0 Å². The quantitative estimate of drug-likeness (QED) is 0.496. The fraction of sp³-hybridized carbons (Fsp3) is 0.296. The number of nitrogens with zero attached hydrogens (tertiary/aromatic N) is 4. The van der Waals surface area contributed by atoms with Gasteiger partial charge in [0, 0.05) is 48.9 Å². The van der Waals surface area contributed by atoms with Crippen LogP contribution >= 0.6 is 0 Å². The molecule has 0 atom stereocenters. The summed E-state index contributed by atoms with van der Waals surface area (Å²) in [5, 5.41) is 7.98. The minimum absolute atomic E-state index is 0.0455. The fourth-order valence-corrected chi connectivity index (χ4v) is 4.47. The number of amides is 1. The monoisotopic (exact) mass is 439 g/mol. The molecule has 0 saturated carbocycles. The van der Waals surface area contributed by atoms with Crippen LogP contribution in [0, 0.1) is 19.8 Å². The average Bonchev–Trinajstić information content (AvgIpc) is 3.27. The van der Waals surface area contributed by atoms with Gasteiger partial charge in [0.05, 0.1) is 5.69 Å². The van der Waals surface area contributed by atoms with Gasteiger partial charge in [-0.05, 0) is 32.3 Å². The zero-order valence-electron chi connectivity index (χ0n) is 19.2. The summed E-state index contributed by atoms with van der Waals surface area (Å²) in [4.78, 5) is 19.7. The van der Waals surface area contributed by atoms with E-state index in [0.29, 0.717) is 6.54 Å². The molecule has 2 aromatic heterocycles. The lowest BCUT2D eigenvalue weighted by molar-refractivity contribution is -0.125. The molecule has 0 unspecified atom stereocenters. The maximum atomic E-state index is 12.7. The summed E-state index contributed by atoms with van der Waals surface area (Å²) in [6.45, 7) is 6.33. The predicted molar refractivity (Wildman–Crippen MR) is 131 cm³/mol. The fourth-order valence-electron chi connectivity index (χ4n) is 4.47. The van der Waals surface area contributed by atoms with Crippen molar-refractivity contribution in [3.8, 4) is 11.3 Å². The number of benzene rings is 2. The predicted octanol–water partition coefficient (Wildman–Crippen LogP) is 4.55. The molecule has 0 radical (unpaired) electrons. The highest BCUT2D eigenvalue weighted by atomic mass is 16.1. The lowest BCUT2D eigenvalue weighted by atomic mass is 9.95. The summed E-state index contributed by atoms with van der Waals surface area (Å²) in [5.41, 5.74) is 6.18. The Labute approximate surface area is 194 Å². The molecular weight excluding hydrogens is 410 g/mol. The molecular formula is C27H29N5O.